The predicted molar refractivity (Wildman–Crippen MR) is 46.2 cm³/mol. The number of ether oxygens (including phenoxy) is 3. The molecular formula is C9H16O4. The van der Waals surface area contributed by atoms with E-state index in [1.165, 1.54) is 7.11 Å². The molecule has 13 heavy (non-hydrogen) atoms. The van der Waals surface area contributed by atoms with Crippen LogP contribution in [0.2, 0.25) is 0 Å². The minimum absolute atomic E-state index is 0.0223. The van der Waals surface area contributed by atoms with Crippen molar-refractivity contribution in [1.82, 2.24) is 0 Å². The molecule has 4 nitrogen and oxygen atoms in total. The normalized spacial score (nSPS) is 25.9. The number of methoxy groups -OCH3 is 1. The van der Waals surface area contributed by atoms with Gasteiger partial charge in [-0.2, -0.15) is 0 Å². The second-order valence-electron chi connectivity index (χ2n) is 3.57. The van der Waals surface area contributed by atoms with Crippen molar-refractivity contribution in [2.24, 2.45) is 0 Å². The maximum atomic E-state index is 10.8. The van der Waals surface area contributed by atoms with Crippen LogP contribution in [-0.2, 0) is 19.0 Å². The van der Waals surface area contributed by atoms with Crippen LogP contribution in [-0.4, -0.2) is 31.6 Å². The maximum Gasteiger partial charge on any atom is 0.305 e. The van der Waals surface area contributed by atoms with Gasteiger partial charge in [0.1, 0.15) is 0 Å². The molecular weight excluding hydrogens is 172 g/mol. The predicted octanol–water partition coefficient (Wildman–Crippen LogP) is 1.09. The summed E-state index contributed by atoms with van der Waals surface area (Å²) in [6.45, 7) is 4.29. The molecule has 0 N–H and O–H groups in total. The van der Waals surface area contributed by atoms with E-state index in [-0.39, 0.29) is 12.1 Å². The molecule has 0 bridgehead atoms. The van der Waals surface area contributed by atoms with Crippen molar-refractivity contribution >= 4 is 5.97 Å². The van der Waals surface area contributed by atoms with E-state index in [9.17, 15) is 4.79 Å². The van der Waals surface area contributed by atoms with E-state index < -0.39 is 5.79 Å². The summed E-state index contributed by atoms with van der Waals surface area (Å²) in [6, 6.07) is 0. The fraction of sp³-hybridized carbons (Fsp3) is 0.889. The Morgan fingerprint density at radius 3 is 2.77 bits per heavy atom. The van der Waals surface area contributed by atoms with Gasteiger partial charge in [0.15, 0.2) is 5.79 Å². The molecule has 1 fully saturated rings. The number of carbonyl (C=O) groups excluding carboxylic acids is 1. The molecule has 1 unspecified atom stereocenters. The van der Waals surface area contributed by atoms with Crippen LogP contribution in [0.15, 0.2) is 0 Å². The van der Waals surface area contributed by atoms with Gasteiger partial charge in [0, 0.05) is 6.42 Å². The number of rotatable bonds is 3. The third kappa shape index (κ3) is 3.32. The third-order valence-corrected chi connectivity index (χ3v) is 1.97. The second-order valence-corrected chi connectivity index (χ2v) is 3.57. The largest absolute Gasteiger partial charge is 0.469 e. The molecule has 0 amide bonds. The summed E-state index contributed by atoms with van der Waals surface area (Å²) in [4.78, 5) is 10.8. The van der Waals surface area contributed by atoms with Crippen molar-refractivity contribution in [2.75, 3.05) is 13.7 Å². The van der Waals surface area contributed by atoms with Crippen LogP contribution in [0.5, 0.6) is 0 Å². The second kappa shape index (κ2) is 4.07. The third-order valence-electron chi connectivity index (χ3n) is 1.97. The zero-order chi connectivity index (χ0) is 9.90. The lowest BCUT2D eigenvalue weighted by Crippen LogP contribution is -2.21. The fourth-order valence-electron chi connectivity index (χ4n) is 1.29. The molecule has 0 aromatic rings. The number of carbonyl (C=O) groups is 1. The molecule has 0 radical (unpaired) electrons. The van der Waals surface area contributed by atoms with Crippen molar-refractivity contribution in [1.29, 1.82) is 0 Å². The minimum Gasteiger partial charge on any atom is -0.469 e. The fourth-order valence-corrected chi connectivity index (χ4v) is 1.29. The molecule has 1 rings (SSSR count). The van der Waals surface area contributed by atoms with E-state index in [4.69, 9.17) is 9.47 Å². The van der Waals surface area contributed by atoms with Gasteiger partial charge in [-0.05, 0) is 20.3 Å². The Labute approximate surface area is 78.2 Å². The smallest absolute Gasteiger partial charge is 0.305 e. The Bertz CT molecular complexity index is 188. The van der Waals surface area contributed by atoms with Gasteiger partial charge in [0.2, 0.25) is 0 Å². The molecule has 0 aromatic heterocycles. The zero-order valence-corrected chi connectivity index (χ0v) is 8.33. The van der Waals surface area contributed by atoms with Crippen LogP contribution in [0.4, 0.5) is 0 Å². The van der Waals surface area contributed by atoms with Crippen LogP contribution in [0, 0.1) is 0 Å². The van der Waals surface area contributed by atoms with Gasteiger partial charge in [0.25, 0.3) is 0 Å². The molecule has 0 saturated carbocycles. The van der Waals surface area contributed by atoms with Crippen LogP contribution >= 0.6 is 0 Å². The van der Waals surface area contributed by atoms with Gasteiger partial charge < -0.3 is 14.2 Å². The van der Waals surface area contributed by atoms with Crippen molar-refractivity contribution in [2.45, 2.75) is 38.6 Å². The van der Waals surface area contributed by atoms with Crippen molar-refractivity contribution in [3.63, 3.8) is 0 Å². The van der Waals surface area contributed by atoms with E-state index in [1.54, 1.807) is 0 Å². The van der Waals surface area contributed by atoms with Crippen LogP contribution < -0.4 is 0 Å². The highest BCUT2D eigenvalue weighted by molar-refractivity contribution is 5.69. The van der Waals surface area contributed by atoms with Gasteiger partial charge in [-0.15, -0.1) is 0 Å². The molecule has 1 heterocycles. The molecule has 1 saturated heterocycles. The lowest BCUT2D eigenvalue weighted by atomic mass is 10.2. The lowest BCUT2D eigenvalue weighted by Gasteiger charge is -2.16. The molecule has 1 atom stereocenters. The molecule has 1 aliphatic heterocycles. The first-order valence-electron chi connectivity index (χ1n) is 4.42. The van der Waals surface area contributed by atoms with Crippen molar-refractivity contribution < 1.29 is 19.0 Å². The van der Waals surface area contributed by atoms with Crippen LogP contribution in [0.25, 0.3) is 0 Å². The molecule has 1 aliphatic rings. The summed E-state index contributed by atoms with van der Waals surface area (Å²) in [6.07, 6.45) is 1.07. The Hall–Kier alpha value is -0.610. The summed E-state index contributed by atoms with van der Waals surface area (Å²) in [7, 11) is 1.39. The number of esters is 1. The van der Waals surface area contributed by atoms with Gasteiger partial charge in [-0.25, -0.2) is 0 Å². The Morgan fingerprint density at radius 1 is 1.62 bits per heavy atom. The quantitative estimate of drug-likeness (QED) is 0.622. The van der Waals surface area contributed by atoms with Crippen molar-refractivity contribution in [3.05, 3.63) is 0 Å². The number of hydrogen-bond acceptors (Lipinski definition) is 4. The zero-order valence-electron chi connectivity index (χ0n) is 8.33. The minimum atomic E-state index is -0.499. The van der Waals surface area contributed by atoms with E-state index in [1.807, 2.05) is 13.8 Å². The van der Waals surface area contributed by atoms with E-state index >= 15 is 0 Å². The lowest BCUT2D eigenvalue weighted by molar-refractivity contribution is -0.146. The van der Waals surface area contributed by atoms with E-state index in [0.29, 0.717) is 19.4 Å². The standard InChI is InChI=1S/C9H16O4/c1-9(2)12-6-7(13-9)4-5-8(10)11-3/h7H,4-6H2,1-3H3. The SMILES string of the molecule is COC(=O)CCC1COC(C)(C)O1. The highest BCUT2D eigenvalue weighted by Crippen LogP contribution is 2.24. The Balaban J connectivity index is 2.21. The molecule has 0 spiro atoms. The maximum absolute atomic E-state index is 10.8. The van der Waals surface area contributed by atoms with Gasteiger partial charge in [-0.1, -0.05) is 0 Å². The Kier molecular flexibility index (Phi) is 3.27. The summed E-state index contributed by atoms with van der Waals surface area (Å²) in [5.41, 5.74) is 0. The van der Waals surface area contributed by atoms with Crippen molar-refractivity contribution in [3.8, 4) is 0 Å². The average molecular weight is 188 g/mol. The summed E-state index contributed by atoms with van der Waals surface area (Å²) < 4.78 is 15.4. The molecule has 4 heteroatoms. The Morgan fingerprint density at radius 2 is 2.31 bits per heavy atom. The summed E-state index contributed by atoms with van der Waals surface area (Å²) in [5, 5.41) is 0. The first kappa shape index (κ1) is 10.5. The molecule has 0 aliphatic carbocycles. The van der Waals surface area contributed by atoms with Gasteiger partial charge >= 0.3 is 5.97 Å². The van der Waals surface area contributed by atoms with Crippen LogP contribution in [0.1, 0.15) is 26.7 Å². The summed E-state index contributed by atoms with van der Waals surface area (Å²) >= 11 is 0. The monoisotopic (exact) mass is 188 g/mol. The molecule has 76 valence electrons. The van der Waals surface area contributed by atoms with Crippen LogP contribution in [0.3, 0.4) is 0 Å². The first-order chi connectivity index (χ1) is 6.03. The summed E-state index contributed by atoms with van der Waals surface area (Å²) in [5.74, 6) is -0.700. The average Bonchev–Trinajstić information content (AvgIpc) is 2.41. The van der Waals surface area contributed by atoms with Gasteiger partial charge in [0.05, 0.1) is 19.8 Å². The highest BCUT2D eigenvalue weighted by atomic mass is 16.7. The number of hydrogen-bond donors (Lipinski definition) is 0. The van der Waals surface area contributed by atoms with E-state index in [2.05, 4.69) is 4.74 Å². The first-order valence-corrected chi connectivity index (χ1v) is 4.42. The molecule has 0 aromatic carbocycles. The highest BCUT2D eigenvalue weighted by Gasteiger charge is 2.32. The van der Waals surface area contributed by atoms with Gasteiger partial charge in [-0.3, -0.25) is 4.79 Å². The van der Waals surface area contributed by atoms with E-state index in [0.717, 1.165) is 0 Å². The topological polar surface area (TPSA) is 44.8 Å².